The summed E-state index contributed by atoms with van der Waals surface area (Å²) in [5.74, 6) is 5.12. The molecule has 146 valence electrons. The van der Waals surface area contributed by atoms with Gasteiger partial charge in [0.25, 0.3) is 5.91 Å². The number of carbonyl (C=O) groups excluding carboxylic acids is 1. The highest BCUT2D eigenvalue weighted by Crippen LogP contribution is 2.53. The fourth-order valence-electron chi connectivity index (χ4n) is 6.04. The quantitative estimate of drug-likeness (QED) is 0.797. The fourth-order valence-corrected chi connectivity index (χ4v) is 6.04. The minimum Gasteiger partial charge on any atom is -0.368 e. The summed E-state index contributed by atoms with van der Waals surface area (Å²) in [6.07, 6.45) is 9.30. The van der Waals surface area contributed by atoms with Gasteiger partial charge >= 0.3 is 0 Å². The van der Waals surface area contributed by atoms with Gasteiger partial charge in [-0.1, -0.05) is 13.8 Å². The summed E-state index contributed by atoms with van der Waals surface area (Å²) in [6.45, 7) is 5.27. The minimum absolute atomic E-state index is 0.0318. The molecule has 2 N–H and O–H groups in total. The van der Waals surface area contributed by atoms with Crippen molar-refractivity contribution in [3.8, 4) is 0 Å². The molecule has 0 spiro atoms. The first-order valence-corrected chi connectivity index (χ1v) is 11.0. The molecule has 4 bridgehead atoms. The Hall–Kier alpha value is -1.65. The van der Waals surface area contributed by atoms with Crippen LogP contribution in [-0.4, -0.2) is 28.7 Å². The Kier molecular flexibility index (Phi) is 4.36. The van der Waals surface area contributed by atoms with Crippen LogP contribution in [0.2, 0.25) is 0 Å². The summed E-state index contributed by atoms with van der Waals surface area (Å²) >= 11 is 0. The normalized spacial score (nSPS) is 34.1. The maximum atomic E-state index is 13.0. The van der Waals surface area contributed by atoms with E-state index in [0.717, 1.165) is 35.7 Å². The summed E-state index contributed by atoms with van der Waals surface area (Å²) in [7, 11) is 0. The number of amides is 1. The number of aromatic nitrogens is 2. The topological polar surface area (TPSA) is 66.9 Å². The summed E-state index contributed by atoms with van der Waals surface area (Å²) in [4.78, 5) is 13.0. The van der Waals surface area contributed by atoms with Crippen molar-refractivity contribution in [2.24, 2.45) is 29.6 Å². The molecule has 5 heteroatoms. The van der Waals surface area contributed by atoms with E-state index in [1.807, 2.05) is 6.07 Å². The lowest BCUT2D eigenvalue weighted by atomic mass is 9.54. The van der Waals surface area contributed by atoms with Crippen LogP contribution >= 0.6 is 0 Å². The van der Waals surface area contributed by atoms with E-state index >= 15 is 0 Å². The maximum absolute atomic E-state index is 13.0. The number of hydrogen-bond acceptors (Lipinski definition) is 4. The fraction of sp³-hybridized carbons (Fsp3) is 0.773. The van der Waals surface area contributed by atoms with Crippen LogP contribution in [0.3, 0.4) is 0 Å². The van der Waals surface area contributed by atoms with Gasteiger partial charge < -0.3 is 10.6 Å². The van der Waals surface area contributed by atoms with E-state index in [9.17, 15) is 4.79 Å². The maximum Gasteiger partial charge on any atom is 0.272 e. The molecule has 5 fully saturated rings. The molecule has 27 heavy (non-hydrogen) atoms. The standard InChI is InChI=1S/C22H32N4O/c1-12(2)18-10-19(25-26-21(18)23-11-13-3-4-13)22(27)24-20-16-6-14-5-15(8-16)9-17(20)7-14/h10,12-17,20H,3-9,11H2,1-2H3,(H,23,26)(H,24,27). The molecule has 0 atom stereocenters. The van der Waals surface area contributed by atoms with Crippen LogP contribution in [0.1, 0.15) is 80.8 Å². The highest BCUT2D eigenvalue weighted by molar-refractivity contribution is 5.92. The van der Waals surface area contributed by atoms with Crippen molar-refractivity contribution in [3.05, 3.63) is 17.3 Å². The van der Waals surface area contributed by atoms with Gasteiger partial charge in [0.15, 0.2) is 11.5 Å². The number of nitrogens with one attached hydrogen (secondary N) is 2. The van der Waals surface area contributed by atoms with Crippen molar-refractivity contribution in [1.82, 2.24) is 15.5 Å². The largest absolute Gasteiger partial charge is 0.368 e. The van der Waals surface area contributed by atoms with Gasteiger partial charge in [-0.05, 0) is 86.5 Å². The molecule has 6 rings (SSSR count). The molecule has 5 aliphatic rings. The molecule has 0 aliphatic heterocycles. The average Bonchev–Trinajstić information content (AvgIpc) is 3.46. The van der Waals surface area contributed by atoms with Gasteiger partial charge in [0.1, 0.15) is 0 Å². The predicted octanol–water partition coefficient (Wildman–Crippen LogP) is 3.98. The number of rotatable bonds is 6. The number of anilines is 1. The zero-order chi connectivity index (χ0) is 18.5. The Morgan fingerprint density at radius 3 is 2.33 bits per heavy atom. The molecule has 5 nitrogen and oxygen atoms in total. The number of nitrogens with zero attached hydrogens (tertiary/aromatic N) is 2. The molecular weight excluding hydrogens is 336 g/mol. The third-order valence-electron chi connectivity index (χ3n) is 7.46. The van der Waals surface area contributed by atoms with Gasteiger partial charge in [0.05, 0.1) is 0 Å². The molecule has 0 radical (unpaired) electrons. The molecule has 1 aromatic rings. The zero-order valence-corrected chi connectivity index (χ0v) is 16.6. The molecule has 0 aromatic carbocycles. The Labute approximate surface area is 162 Å². The van der Waals surface area contributed by atoms with E-state index in [2.05, 4.69) is 34.7 Å². The van der Waals surface area contributed by atoms with E-state index in [1.165, 1.54) is 44.9 Å². The van der Waals surface area contributed by atoms with Gasteiger partial charge in [0.2, 0.25) is 0 Å². The summed E-state index contributed by atoms with van der Waals surface area (Å²) in [5, 5.41) is 15.5. The highest BCUT2D eigenvalue weighted by Gasteiger charge is 2.48. The van der Waals surface area contributed by atoms with E-state index in [4.69, 9.17) is 0 Å². The van der Waals surface area contributed by atoms with Gasteiger partial charge in [-0.15, -0.1) is 10.2 Å². The Morgan fingerprint density at radius 2 is 1.74 bits per heavy atom. The van der Waals surface area contributed by atoms with E-state index in [0.29, 0.717) is 29.5 Å². The summed E-state index contributed by atoms with van der Waals surface area (Å²) < 4.78 is 0. The number of hydrogen-bond donors (Lipinski definition) is 2. The van der Waals surface area contributed by atoms with Crippen LogP contribution in [-0.2, 0) is 0 Å². The first kappa shape index (κ1) is 17.4. The third kappa shape index (κ3) is 3.45. The lowest BCUT2D eigenvalue weighted by molar-refractivity contribution is -0.0120. The second-order valence-electron chi connectivity index (χ2n) is 9.94. The van der Waals surface area contributed by atoms with Crippen molar-refractivity contribution in [3.63, 3.8) is 0 Å². The molecule has 5 saturated carbocycles. The van der Waals surface area contributed by atoms with E-state index in [1.54, 1.807) is 0 Å². The first-order valence-electron chi connectivity index (χ1n) is 11.0. The molecule has 1 amide bonds. The van der Waals surface area contributed by atoms with Crippen molar-refractivity contribution in [1.29, 1.82) is 0 Å². The highest BCUT2D eigenvalue weighted by atomic mass is 16.2. The lowest BCUT2D eigenvalue weighted by Gasteiger charge is -2.54. The number of carbonyl (C=O) groups is 1. The Morgan fingerprint density at radius 1 is 1.07 bits per heavy atom. The zero-order valence-electron chi connectivity index (χ0n) is 16.6. The van der Waals surface area contributed by atoms with Crippen molar-refractivity contribution in [2.45, 2.75) is 70.8 Å². The average molecular weight is 369 g/mol. The van der Waals surface area contributed by atoms with Gasteiger partial charge in [0, 0.05) is 18.2 Å². The second kappa shape index (κ2) is 6.75. The second-order valence-corrected chi connectivity index (χ2v) is 9.94. The van der Waals surface area contributed by atoms with Gasteiger partial charge in [-0.2, -0.15) is 0 Å². The molecule has 1 aromatic heterocycles. The summed E-state index contributed by atoms with van der Waals surface area (Å²) in [5.41, 5.74) is 1.57. The first-order chi connectivity index (χ1) is 13.1. The van der Waals surface area contributed by atoms with Crippen LogP contribution in [0, 0.1) is 29.6 Å². The molecule has 0 unspecified atom stereocenters. The molecule has 5 aliphatic carbocycles. The van der Waals surface area contributed by atoms with Crippen LogP contribution < -0.4 is 10.6 Å². The molecule has 0 saturated heterocycles. The van der Waals surface area contributed by atoms with Crippen molar-refractivity contribution < 1.29 is 4.79 Å². The monoisotopic (exact) mass is 368 g/mol. The Bertz CT molecular complexity index is 699. The predicted molar refractivity (Wildman–Crippen MR) is 106 cm³/mol. The minimum atomic E-state index is -0.0318. The van der Waals surface area contributed by atoms with Crippen LogP contribution in [0.4, 0.5) is 5.82 Å². The smallest absolute Gasteiger partial charge is 0.272 e. The lowest BCUT2D eigenvalue weighted by Crippen LogP contribution is -2.55. The third-order valence-corrected chi connectivity index (χ3v) is 7.46. The van der Waals surface area contributed by atoms with Crippen molar-refractivity contribution >= 4 is 11.7 Å². The molecular formula is C22H32N4O. The van der Waals surface area contributed by atoms with Crippen LogP contribution in [0.25, 0.3) is 0 Å². The Balaban J connectivity index is 1.30. The SMILES string of the molecule is CC(C)c1cc(C(=O)NC2C3CC4CC(C3)CC2C4)nnc1NCC1CC1. The molecule has 1 heterocycles. The van der Waals surface area contributed by atoms with Crippen molar-refractivity contribution in [2.75, 3.05) is 11.9 Å². The van der Waals surface area contributed by atoms with E-state index < -0.39 is 0 Å². The van der Waals surface area contributed by atoms with Crippen LogP contribution in [0.15, 0.2) is 6.07 Å². The van der Waals surface area contributed by atoms with Gasteiger partial charge in [-0.25, -0.2) is 0 Å². The summed E-state index contributed by atoms with van der Waals surface area (Å²) in [6, 6.07) is 2.31. The van der Waals surface area contributed by atoms with E-state index in [-0.39, 0.29) is 5.91 Å². The van der Waals surface area contributed by atoms with Gasteiger partial charge in [-0.3, -0.25) is 4.79 Å². The van der Waals surface area contributed by atoms with Crippen LogP contribution in [0.5, 0.6) is 0 Å².